The number of amides is 1. The second kappa shape index (κ2) is 5.71. The van der Waals surface area contributed by atoms with Crippen LogP contribution in [0.1, 0.15) is 16.8 Å². The van der Waals surface area contributed by atoms with Crippen LogP contribution in [-0.4, -0.2) is 36.7 Å². The normalized spacial score (nSPS) is 23.0. The van der Waals surface area contributed by atoms with Gasteiger partial charge in [-0.25, -0.2) is 4.39 Å². The molecule has 0 radical (unpaired) electrons. The maximum Gasteiger partial charge on any atom is 0.254 e. The van der Waals surface area contributed by atoms with Gasteiger partial charge in [-0.15, -0.1) is 0 Å². The highest BCUT2D eigenvalue weighted by molar-refractivity contribution is 7.99. The summed E-state index contributed by atoms with van der Waals surface area (Å²) in [6.45, 7) is 0.420. The van der Waals surface area contributed by atoms with Gasteiger partial charge >= 0.3 is 0 Å². The van der Waals surface area contributed by atoms with Gasteiger partial charge in [0.05, 0.1) is 11.2 Å². The molecule has 1 saturated heterocycles. The highest BCUT2D eigenvalue weighted by Gasteiger charge is 2.34. The number of methoxy groups -OCH3 is 1. The summed E-state index contributed by atoms with van der Waals surface area (Å²) in [5, 5.41) is 2.76. The first-order valence-electron chi connectivity index (χ1n) is 5.82. The van der Waals surface area contributed by atoms with E-state index in [1.54, 1.807) is 31.0 Å². The summed E-state index contributed by atoms with van der Waals surface area (Å²) >= 11 is 1.81. The summed E-state index contributed by atoms with van der Waals surface area (Å²) < 4.78 is 18.9. The molecule has 0 aliphatic carbocycles. The third kappa shape index (κ3) is 2.84. The summed E-state index contributed by atoms with van der Waals surface area (Å²) in [6.07, 6.45) is 0.908. The van der Waals surface area contributed by atoms with E-state index in [1.165, 1.54) is 12.1 Å². The van der Waals surface area contributed by atoms with E-state index in [0.29, 0.717) is 6.54 Å². The zero-order valence-electron chi connectivity index (χ0n) is 10.2. The van der Waals surface area contributed by atoms with Crippen molar-refractivity contribution in [1.29, 1.82) is 0 Å². The van der Waals surface area contributed by atoms with Crippen LogP contribution in [0.25, 0.3) is 0 Å². The van der Waals surface area contributed by atoms with E-state index in [9.17, 15) is 9.18 Å². The number of hydrogen-bond acceptors (Lipinski definition) is 3. The van der Waals surface area contributed by atoms with Gasteiger partial charge < -0.3 is 10.1 Å². The fourth-order valence-electron chi connectivity index (χ4n) is 1.94. The van der Waals surface area contributed by atoms with E-state index < -0.39 is 5.82 Å². The van der Waals surface area contributed by atoms with Crippen molar-refractivity contribution in [2.75, 3.05) is 25.2 Å². The van der Waals surface area contributed by atoms with Crippen LogP contribution in [0.4, 0.5) is 4.39 Å². The fraction of sp³-hybridized carbons (Fsp3) is 0.462. The Bertz CT molecular complexity index is 433. The van der Waals surface area contributed by atoms with Gasteiger partial charge in [-0.05, 0) is 24.3 Å². The first kappa shape index (κ1) is 13.4. The van der Waals surface area contributed by atoms with Gasteiger partial charge in [-0.1, -0.05) is 12.1 Å². The van der Waals surface area contributed by atoms with E-state index in [0.717, 1.165) is 17.9 Å². The van der Waals surface area contributed by atoms with Crippen molar-refractivity contribution >= 4 is 17.7 Å². The average Bonchev–Trinajstić information content (AvgIpc) is 2.86. The number of halogens is 1. The maximum atomic E-state index is 13.4. The second-order valence-corrected chi connectivity index (χ2v) is 5.46. The molecule has 1 aliphatic heterocycles. The number of ether oxygens (including phenoxy) is 1. The molecular formula is C13H16FNO2S. The van der Waals surface area contributed by atoms with Crippen molar-refractivity contribution in [3.05, 3.63) is 35.6 Å². The van der Waals surface area contributed by atoms with Crippen LogP contribution >= 0.6 is 11.8 Å². The van der Waals surface area contributed by atoms with Crippen LogP contribution in [0.2, 0.25) is 0 Å². The molecule has 0 aromatic heterocycles. The summed E-state index contributed by atoms with van der Waals surface area (Å²) in [4.78, 5) is 11.9. The summed E-state index contributed by atoms with van der Waals surface area (Å²) in [5.74, 6) is 1.01. The molecule has 98 valence electrons. The lowest BCUT2D eigenvalue weighted by Gasteiger charge is -2.26. The van der Waals surface area contributed by atoms with Gasteiger partial charge in [0.2, 0.25) is 0 Å². The number of carbonyl (C=O) groups excluding carboxylic acids is 1. The van der Waals surface area contributed by atoms with Crippen molar-refractivity contribution in [2.24, 2.45) is 0 Å². The third-order valence-electron chi connectivity index (χ3n) is 3.19. The number of hydrogen-bond donors (Lipinski definition) is 1. The SMILES string of the molecule is CO[C@]1(CNC(=O)c2ccccc2F)CCSC1. The summed E-state index contributed by atoms with van der Waals surface area (Å²) in [5.41, 5.74) is -0.222. The lowest BCUT2D eigenvalue weighted by Crippen LogP contribution is -2.44. The molecule has 1 amide bonds. The molecule has 2 rings (SSSR count). The minimum absolute atomic E-state index is 0.0782. The van der Waals surface area contributed by atoms with Gasteiger partial charge in [0.25, 0.3) is 5.91 Å². The topological polar surface area (TPSA) is 38.3 Å². The Labute approximate surface area is 110 Å². The first-order chi connectivity index (χ1) is 8.67. The fourth-order valence-corrected chi connectivity index (χ4v) is 3.34. The molecule has 1 aromatic carbocycles. The number of carbonyl (C=O) groups is 1. The molecule has 1 N–H and O–H groups in total. The van der Waals surface area contributed by atoms with Gasteiger partial charge in [0.1, 0.15) is 5.82 Å². The third-order valence-corrected chi connectivity index (χ3v) is 4.41. The Balaban J connectivity index is 1.98. The Morgan fingerprint density at radius 1 is 1.56 bits per heavy atom. The molecule has 0 spiro atoms. The van der Waals surface area contributed by atoms with Crippen LogP contribution in [-0.2, 0) is 4.74 Å². The van der Waals surface area contributed by atoms with Gasteiger partial charge in [0, 0.05) is 19.4 Å². The molecule has 1 fully saturated rings. The van der Waals surface area contributed by atoms with E-state index >= 15 is 0 Å². The van der Waals surface area contributed by atoms with Crippen LogP contribution < -0.4 is 5.32 Å². The van der Waals surface area contributed by atoms with Crippen LogP contribution in [0.15, 0.2) is 24.3 Å². The first-order valence-corrected chi connectivity index (χ1v) is 6.98. The standard InChI is InChI=1S/C13H16FNO2S/c1-17-13(6-7-18-9-13)8-15-12(16)10-4-2-3-5-11(10)14/h2-5H,6-9H2,1H3,(H,15,16)/t13-/m0/s1. The van der Waals surface area contributed by atoms with Crippen molar-refractivity contribution in [1.82, 2.24) is 5.32 Å². The maximum absolute atomic E-state index is 13.4. The van der Waals surface area contributed by atoms with Gasteiger partial charge in [-0.3, -0.25) is 4.79 Å². The molecule has 0 unspecified atom stereocenters. The van der Waals surface area contributed by atoms with Crippen LogP contribution in [0, 0.1) is 5.82 Å². The predicted molar refractivity (Wildman–Crippen MR) is 70.4 cm³/mol. The molecule has 1 aromatic rings. The minimum atomic E-state index is -0.498. The summed E-state index contributed by atoms with van der Waals surface area (Å²) in [6, 6.07) is 5.98. The zero-order valence-corrected chi connectivity index (χ0v) is 11.1. The Morgan fingerprint density at radius 3 is 2.94 bits per heavy atom. The largest absolute Gasteiger partial charge is 0.376 e. The molecule has 5 heteroatoms. The number of thioether (sulfide) groups is 1. The van der Waals surface area contributed by atoms with Crippen LogP contribution in [0.3, 0.4) is 0 Å². The second-order valence-electron chi connectivity index (χ2n) is 4.35. The van der Waals surface area contributed by atoms with E-state index in [1.807, 2.05) is 0 Å². The number of rotatable bonds is 4. The number of benzene rings is 1. The zero-order chi connectivity index (χ0) is 13.0. The minimum Gasteiger partial charge on any atom is -0.376 e. The van der Waals surface area contributed by atoms with Crippen molar-refractivity contribution < 1.29 is 13.9 Å². The molecule has 3 nitrogen and oxygen atoms in total. The van der Waals surface area contributed by atoms with Crippen molar-refractivity contribution in [3.63, 3.8) is 0 Å². The molecule has 1 heterocycles. The molecule has 18 heavy (non-hydrogen) atoms. The lowest BCUT2D eigenvalue weighted by molar-refractivity contribution is 0.0136. The van der Waals surface area contributed by atoms with Crippen molar-refractivity contribution in [3.8, 4) is 0 Å². The summed E-state index contributed by atoms with van der Waals surface area (Å²) in [7, 11) is 1.65. The molecule has 0 bridgehead atoms. The Morgan fingerprint density at radius 2 is 2.33 bits per heavy atom. The average molecular weight is 269 g/mol. The molecule has 1 aliphatic rings. The number of nitrogens with one attached hydrogen (secondary N) is 1. The van der Waals surface area contributed by atoms with Crippen molar-refractivity contribution in [2.45, 2.75) is 12.0 Å². The Kier molecular flexibility index (Phi) is 4.24. The highest BCUT2D eigenvalue weighted by Crippen LogP contribution is 2.30. The highest BCUT2D eigenvalue weighted by atomic mass is 32.2. The monoisotopic (exact) mass is 269 g/mol. The lowest BCUT2D eigenvalue weighted by atomic mass is 10.0. The van der Waals surface area contributed by atoms with E-state index in [-0.39, 0.29) is 17.1 Å². The van der Waals surface area contributed by atoms with Gasteiger partial charge in [0.15, 0.2) is 0 Å². The van der Waals surface area contributed by atoms with E-state index in [4.69, 9.17) is 4.74 Å². The van der Waals surface area contributed by atoms with E-state index in [2.05, 4.69) is 5.32 Å². The molecular weight excluding hydrogens is 253 g/mol. The van der Waals surface area contributed by atoms with Gasteiger partial charge in [-0.2, -0.15) is 11.8 Å². The van der Waals surface area contributed by atoms with Crippen LogP contribution in [0.5, 0.6) is 0 Å². The Hall–Kier alpha value is -1.07. The predicted octanol–water partition coefficient (Wildman–Crippen LogP) is 2.08. The quantitative estimate of drug-likeness (QED) is 0.909. The smallest absolute Gasteiger partial charge is 0.254 e. The molecule has 1 atom stereocenters. The molecule has 0 saturated carbocycles.